The fourth-order valence-electron chi connectivity index (χ4n) is 5.59. The molecule has 2 fully saturated rings. The van der Waals surface area contributed by atoms with Gasteiger partial charge in [0.05, 0.1) is 24.9 Å². The first-order chi connectivity index (χ1) is 21.0. The van der Waals surface area contributed by atoms with E-state index in [9.17, 15) is 27.6 Å². The van der Waals surface area contributed by atoms with Crippen LogP contribution in [0.3, 0.4) is 0 Å². The number of carbonyl (C=O) groups excluding carboxylic acids is 3. The Kier molecular flexibility index (Phi) is 8.91. The van der Waals surface area contributed by atoms with Gasteiger partial charge in [0.25, 0.3) is 0 Å². The summed E-state index contributed by atoms with van der Waals surface area (Å²) in [6.07, 6.45) is -3.94. The number of nitrogens with one attached hydrogen (secondary N) is 1. The van der Waals surface area contributed by atoms with Gasteiger partial charge >= 0.3 is 12.2 Å². The zero-order chi connectivity index (χ0) is 31.4. The second kappa shape index (κ2) is 12.8. The summed E-state index contributed by atoms with van der Waals surface area (Å²) in [7, 11) is 1.61. The minimum Gasteiger partial charge on any atom is -0.466 e. The van der Waals surface area contributed by atoms with Crippen LogP contribution in [0, 0.1) is 0 Å². The molecule has 12 heteroatoms. The van der Waals surface area contributed by atoms with Gasteiger partial charge in [0.2, 0.25) is 11.8 Å². The highest BCUT2D eigenvalue weighted by Crippen LogP contribution is 2.32. The molecule has 2 saturated heterocycles. The summed E-state index contributed by atoms with van der Waals surface area (Å²) in [5.74, 6) is -0.132. The highest BCUT2D eigenvalue weighted by Gasteiger charge is 2.50. The van der Waals surface area contributed by atoms with Crippen LogP contribution in [0.15, 0.2) is 91.7 Å². The lowest BCUT2D eigenvalue weighted by atomic mass is 9.98. The number of alkyl halides is 3. The number of hydrogen-bond donors (Lipinski definition) is 1. The van der Waals surface area contributed by atoms with Gasteiger partial charge in [-0.15, -0.1) is 0 Å². The summed E-state index contributed by atoms with van der Waals surface area (Å²) in [6.45, 7) is 3.36. The Bertz CT molecular complexity index is 1520. The Morgan fingerprint density at radius 3 is 2.39 bits per heavy atom. The lowest BCUT2D eigenvalue weighted by molar-refractivity contribution is -0.187. The molecule has 2 atom stereocenters. The number of carbonyl (C=O) groups is 3. The van der Waals surface area contributed by atoms with Gasteiger partial charge in [-0.25, -0.2) is 14.8 Å². The van der Waals surface area contributed by atoms with Gasteiger partial charge < -0.3 is 19.9 Å². The number of benzene rings is 3. The van der Waals surface area contributed by atoms with Gasteiger partial charge in [-0.05, 0) is 41.0 Å². The lowest BCUT2D eigenvalue weighted by Gasteiger charge is -2.54. The van der Waals surface area contributed by atoms with Crippen molar-refractivity contribution < 1.29 is 32.3 Å². The van der Waals surface area contributed by atoms with Crippen LogP contribution in [0.4, 0.5) is 18.0 Å². The Morgan fingerprint density at radius 2 is 1.70 bits per heavy atom. The van der Waals surface area contributed by atoms with E-state index in [2.05, 4.69) is 11.9 Å². The number of piperazine rings is 1. The first-order valence-corrected chi connectivity index (χ1v) is 14.0. The molecule has 2 heterocycles. The quantitative estimate of drug-likeness (QED) is 0.384. The Labute approximate surface area is 253 Å². The monoisotopic (exact) mass is 607 g/mol. The van der Waals surface area contributed by atoms with E-state index in [0.717, 1.165) is 23.3 Å². The molecule has 3 aromatic carbocycles. The maximum absolute atomic E-state index is 13.9. The summed E-state index contributed by atoms with van der Waals surface area (Å²) < 4.78 is 45.5. The Morgan fingerprint density at radius 1 is 1.00 bits per heavy atom. The number of nitrogens with zero attached hydrogens (tertiary/aromatic N) is 4. The van der Waals surface area contributed by atoms with Crippen LogP contribution in [-0.4, -0.2) is 70.0 Å². The van der Waals surface area contributed by atoms with E-state index < -0.39 is 35.9 Å². The molecule has 3 aromatic rings. The molecule has 2 aliphatic rings. The van der Waals surface area contributed by atoms with Crippen molar-refractivity contribution in [3.8, 4) is 5.75 Å². The summed E-state index contributed by atoms with van der Waals surface area (Å²) in [4.78, 5) is 43.9. The van der Waals surface area contributed by atoms with E-state index in [1.165, 1.54) is 38.2 Å². The van der Waals surface area contributed by atoms with Crippen LogP contribution < -0.4 is 10.1 Å². The third-order valence-corrected chi connectivity index (χ3v) is 7.63. The lowest BCUT2D eigenvalue weighted by Crippen LogP contribution is -2.76. The summed E-state index contributed by atoms with van der Waals surface area (Å²) in [5.41, 5.74) is 1.07. The number of fused-ring (bicyclic) bond motifs is 1. The number of hydrogen-bond acceptors (Lipinski definition) is 5. The van der Waals surface area contributed by atoms with Crippen LogP contribution in [0.2, 0.25) is 0 Å². The van der Waals surface area contributed by atoms with Crippen molar-refractivity contribution >= 4 is 17.8 Å². The zero-order valence-corrected chi connectivity index (χ0v) is 24.0. The van der Waals surface area contributed by atoms with Crippen LogP contribution >= 0.6 is 0 Å². The number of halogens is 3. The van der Waals surface area contributed by atoms with Crippen molar-refractivity contribution in [2.45, 2.75) is 37.9 Å². The molecule has 0 radical (unpaired) electrons. The molecule has 0 saturated carbocycles. The standard InChI is InChI=1S/C32H32F3N5O4/c1-3-44-26-14-12-23(13-15-26)18-36-31(43)40-28-20-38(19-24-10-7-11-25(16-24)32(33,34)35)30(42)27(17-22-8-5-4-6-9-22)39(28)29(41)21-37(40)2/h3-16,27-28H,1,17-21H2,2H3,(H,36,43)/t27-,28-/m0/s1. The number of rotatable bonds is 8. The second-order valence-corrected chi connectivity index (χ2v) is 10.7. The molecule has 0 spiro atoms. The minimum absolute atomic E-state index is 0.0859. The van der Waals surface area contributed by atoms with Gasteiger partial charge in [-0.1, -0.05) is 61.2 Å². The molecule has 230 valence electrons. The van der Waals surface area contributed by atoms with Crippen molar-refractivity contribution in [1.29, 1.82) is 0 Å². The van der Waals surface area contributed by atoms with Gasteiger partial charge in [-0.3, -0.25) is 9.59 Å². The molecule has 4 amide bonds. The van der Waals surface area contributed by atoms with Crippen LogP contribution in [0.25, 0.3) is 0 Å². The molecule has 0 aromatic heterocycles. The molecule has 2 aliphatic heterocycles. The van der Waals surface area contributed by atoms with E-state index in [1.807, 2.05) is 30.3 Å². The number of likely N-dealkylation sites (N-methyl/N-ethyl adjacent to an activating group) is 1. The molecule has 1 N–H and O–H groups in total. The predicted octanol–water partition coefficient (Wildman–Crippen LogP) is 4.41. The summed E-state index contributed by atoms with van der Waals surface area (Å²) >= 11 is 0. The largest absolute Gasteiger partial charge is 0.466 e. The van der Waals surface area contributed by atoms with Crippen molar-refractivity contribution in [1.82, 2.24) is 25.1 Å². The second-order valence-electron chi connectivity index (χ2n) is 10.7. The van der Waals surface area contributed by atoms with Crippen molar-refractivity contribution in [2.24, 2.45) is 0 Å². The molecule has 0 unspecified atom stereocenters. The molecule has 0 bridgehead atoms. The fourth-order valence-corrected chi connectivity index (χ4v) is 5.59. The summed E-state index contributed by atoms with van der Waals surface area (Å²) in [5, 5.41) is 5.78. The van der Waals surface area contributed by atoms with Crippen LogP contribution in [0.5, 0.6) is 5.75 Å². The highest BCUT2D eigenvalue weighted by molar-refractivity contribution is 5.91. The number of hydrazine groups is 1. The minimum atomic E-state index is -4.54. The molecule has 9 nitrogen and oxygen atoms in total. The van der Waals surface area contributed by atoms with E-state index in [1.54, 1.807) is 31.3 Å². The van der Waals surface area contributed by atoms with Crippen molar-refractivity contribution in [2.75, 3.05) is 20.1 Å². The van der Waals surface area contributed by atoms with Crippen LogP contribution in [0.1, 0.15) is 22.3 Å². The Hall–Kier alpha value is -4.84. The van der Waals surface area contributed by atoms with E-state index in [0.29, 0.717) is 5.75 Å². The van der Waals surface area contributed by atoms with Crippen molar-refractivity contribution in [3.63, 3.8) is 0 Å². The highest BCUT2D eigenvalue weighted by atomic mass is 19.4. The Balaban J connectivity index is 1.43. The molecular formula is C32H32F3N5O4. The third-order valence-electron chi connectivity index (χ3n) is 7.63. The molecule has 44 heavy (non-hydrogen) atoms. The molecule has 5 rings (SSSR count). The average molecular weight is 608 g/mol. The van der Waals surface area contributed by atoms with Gasteiger partial charge in [0.15, 0.2) is 0 Å². The van der Waals surface area contributed by atoms with Crippen molar-refractivity contribution in [3.05, 3.63) is 114 Å². The summed E-state index contributed by atoms with van der Waals surface area (Å²) in [6, 6.07) is 19.6. The van der Waals surface area contributed by atoms with Gasteiger partial charge in [0.1, 0.15) is 18.0 Å². The third kappa shape index (κ3) is 6.70. The zero-order valence-electron chi connectivity index (χ0n) is 24.0. The maximum Gasteiger partial charge on any atom is 0.416 e. The maximum atomic E-state index is 13.9. The van der Waals surface area contributed by atoms with E-state index >= 15 is 0 Å². The normalized spacial score (nSPS) is 19.0. The van der Waals surface area contributed by atoms with Crippen LogP contribution in [-0.2, 0) is 35.3 Å². The number of amides is 4. The van der Waals surface area contributed by atoms with E-state index in [4.69, 9.17) is 4.74 Å². The van der Waals surface area contributed by atoms with Gasteiger partial charge in [-0.2, -0.15) is 13.2 Å². The van der Waals surface area contributed by atoms with Gasteiger partial charge in [0, 0.05) is 26.6 Å². The first kappa shape index (κ1) is 30.6. The predicted molar refractivity (Wildman–Crippen MR) is 155 cm³/mol. The molecule has 0 aliphatic carbocycles. The SMILES string of the molecule is C=COc1ccc(CNC(=O)N2[C@H]3CN(Cc4cccc(C(F)(F)F)c4)C(=O)[C@H](Cc4ccccc4)N3C(=O)CN2C)cc1. The number of urea groups is 1. The smallest absolute Gasteiger partial charge is 0.416 e. The molecular weight excluding hydrogens is 575 g/mol. The number of ether oxygens (including phenoxy) is 1. The average Bonchev–Trinajstić information content (AvgIpc) is 2.99. The fraction of sp³-hybridized carbons (Fsp3) is 0.281. The first-order valence-electron chi connectivity index (χ1n) is 14.0. The topological polar surface area (TPSA) is 85.4 Å². The van der Waals surface area contributed by atoms with E-state index in [-0.39, 0.29) is 44.1 Å².